The Balaban J connectivity index is 2.07. The highest BCUT2D eigenvalue weighted by Crippen LogP contribution is 2.28. The number of piperidine rings is 1. The second kappa shape index (κ2) is 6.87. The summed E-state index contributed by atoms with van der Waals surface area (Å²) < 4.78 is 32.2. The fourth-order valence-electron chi connectivity index (χ4n) is 3.05. The van der Waals surface area contributed by atoms with Gasteiger partial charge in [-0.05, 0) is 32.1 Å². The van der Waals surface area contributed by atoms with Gasteiger partial charge in [0, 0.05) is 32.2 Å². The molecule has 6 nitrogen and oxygen atoms in total. The van der Waals surface area contributed by atoms with Crippen molar-refractivity contribution in [3.63, 3.8) is 0 Å². The van der Waals surface area contributed by atoms with Gasteiger partial charge < -0.3 is 9.84 Å². The molecular weight excluding hydrogens is 282 g/mol. The van der Waals surface area contributed by atoms with Gasteiger partial charge in [-0.2, -0.15) is 4.31 Å². The van der Waals surface area contributed by atoms with Crippen LogP contribution in [0, 0.1) is 0 Å². The van der Waals surface area contributed by atoms with Gasteiger partial charge in [0.25, 0.3) is 0 Å². The first kappa shape index (κ1) is 15.7. The zero-order valence-electron chi connectivity index (χ0n) is 11.7. The van der Waals surface area contributed by atoms with Gasteiger partial charge in [-0.25, -0.2) is 8.42 Å². The van der Waals surface area contributed by atoms with Crippen molar-refractivity contribution in [3.8, 4) is 0 Å². The summed E-state index contributed by atoms with van der Waals surface area (Å²) in [6.45, 7) is 1.53. The zero-order chi connectivity index (χ0) is 14.6. The van der Waals surface area contributed by atoms with Gasteiger partial charge in [-0.3, -0.25) is 4.79 Å². The molecule has 0 spiro atoms. The Morgan fingerprint density at radius 2 is 1.90 bits per heavy atom. The number of nitrogens with zero attached hydrogens (tertiary/aromatic N) is 1. The van der Waals surface area contributed by atoms with E-state index in [1.165, 1.54) is 0 Å². The fraction of sp³-hybridized carbons (Fsp3) is 0.923. The van der Waals surface area contributed by atoms with E-state index < -0.39 is 16.0 Å². The number of rotatable bonds is 5. The molecule has 0 bridgehead atoms. The summed E-state index contributed by atoms with van der Waals surface area (Å²) in [7, 11) is -3.32. The molecule has 0 aliphatic carbocycles. The van der Waals surface area contributed by atoms with E-state index >= 15 is 0 Å². The van der Waals surface area contributed by atoms with Crippen LogP contribution < -0.4 is 0 Å². The van der Waals surface area contributed by atoms with Gasteiger partial charge in [0.2, 0.25) is 10.0 Å². The second-order valence-electron chi connectivity index (χ2n) is 5.55. The van der Waals surface area contributed by atoms with Gasteiger partial charge >= 0.3 is 5.97 Å². The molecule has 0 radical (unpaired) electrons. The molecule has 1 N–H and O–H groups in total. The van der Waals surface area contributed by atoms with Crippen molar-refractivity contribution in [1.82, 2.24) is 4.31 Å². The van der Waals surface area contributed by atoms with Crippen LogP contribution >= 0.6 is 0 Å². The van der Waals surface area contributed by atoms with Crippen molar-refractivity contribution in [2.24, 2.45) is 0 Å². The highest BCUT2D eigenvalue weighted by molar-refractivity contribution is 7.89. The molecule has 0 saturated carbocycles. The minimum atomic E-state index is -3.32. The van der Waals surface area contributed by atoms with Crippen LogP contribution in [-0.2, 0) is 19.6 Å². The van der Waals surface area contributed by atoms with Crippen LogP contribution in [-0.4, -0.2) is 54.8 Å². The quantitative estimate of drug-likeness (QED) is 0.825. The molecule has 116 valence electrons. The first-order chi connectivity index (χ1) is 9.51. The molecule has 0 aromatic heterocycles. The second-order valence-corrected chi connectivity index (χ2v) is 7.72. The number of aliphatic carboxylic acids is 1. The third-order valence-corrected chi connectivity index (χ3v) is 6.63. The lowest BCUT2D eigenvalue weighted by molar-refractivity contribution is -0.137. The maximum atomic E-state index is 12.7. The van der Waals surface area contributed by atoms with Crippen LogP contribution in [0.15, 0.2) is 0 Å². The molecule has 2 saturated heterocycles. The van der Waals surface area contributed by atoms with Gasteiger partial charge in [0.05, 0.1) is 5.25 Å². The van der Waals surface area contributed by atoms with Crippen molar-refractivity contribution < 1.29 is 23.1 Å². The molecule has 20 heavy (non-hydrogen) atoms. The van der Waals surface area contributed by atoms with E-state index in [4.69, 9.17) is 9.84 Å². The number of hydrogen-bond donors (Lipinski definition) is 1. The maximum absolute atomic E-state index is 12.7. The van der Waals surface area contributed by atoms with E-state index in [2.05, 4.69) is 0 Å². The maximum Gasteiger partial charge on any atom is 0.303 e. The molecule has 0 aromatic carbocycles. The average Bonchev–Trinajstić information content (AvgIpc) is 2.46. The molecule has 2 heterocycles. The van der Waals surface area contributed by atoms with Gasteiger partial charge in [-0.15, -0.1) is 0 Å². The smallest absolute Gasteiger partial charge is 0.303 e. The van der Waals surface area contributed by atoms with Crippen LogP contribution in [0.4, 0.5) is 0 Å². The van der Waals surface area contributed by atoms with Crippen LogP contribution in [0.3, 0.4) is 0 Å². The van der Waals surface area contributed by atoms with Gasteiger partial charge in [0.15, 0.2) is 0 Å². The number of carboxylic acids is 1. The first-order valence-electron chi connectivity index (χ1n) is 7.32. The van der Waals surface area contributed by atoms with Gasteiger partial charge in [0.1, 0.15) is 0 Å². The lowest BCUT2D eigenvalue weighted by Crippen LogP contribution is -2.49. The summed E-state index contributed by atoms with van der Waals surface area (Å²) in [4.78, 5) is 10.7. The Morgan fingerprint density at radius 1 is 1.20 bits per heavy atom. The largest absolute Gasteiger partial charge is 0.481 e. The summed E-state index contributed by atoms with van der Waals surface area (Å²) in [6.07, 6.45) is 4.16. The number of carbonyl (C=O) groups is 1. The zero-order valence-corrected chi connectivity index (χ0v) is 12.5. The first-order valence-corrected chi connectivity index (χ1v) is 8.82. The Hall–Kier alpha value is -0.660. The fourth-order valence-corrected chi connectivity index (χ4v) is 5.23. The van der Waals surface area contributed by atoms with E-state index in [0.717, 1.165) is 19.3 Å². The predicted octanol–water partition coefficient (Wildman–Crippen LogP) is 1.21. The van der Waals surface area contributed by atoms with Crippen LogP contribution in [0.5, 0.6) is 0 Å². The monoisotopic (exact) mass is 305 g/mol. The SMILES string of the molecule is O=C(O)CCC1CCCCN1S(=O)(=O)C1CCOCC1. The highest BCUT2D eigenvalue weighted by atomic mass is 32.2. The van der Waals surface area contributed by atoms with E-state index in [-0.39, 0.29) is 17.7 Å². The molecule has 2 aliphatic rings. The lowest BCUT2D eigenvalue weighted by Gasteiger charge is -2.37. The summed E-state index contributed by atoms with van der Waals surface area (Å²) in [5.41, 5.74) is 0. The Labute approximate surface area is 120 Å². The lowest BCUT2D eigenvalue weighted by atomic mass is 10.0. The molecule has 2 rings (SSSR count). The third-order valence-electron chi connectivity index (χ3n) is 4.18. The van der Waals surface area contributed by atoms with E-state index in [9.17, 15) is 13.2 Å². The molecule has 0 amide bonds. The van der Waals surface area contributed by atoms with Crippen LogP contribution in [0.2, 0.25) is 0 Å². The van der Waals surface area contributed by atoms with Crippen molar-refractivity contribution in [2.45, 2.75) is 56.2 Å². The van der Waals surface area contributed by atoms with Crippen LogP contribution in [0.1, 0.15) is 44.9 Å². The standard InChI is InChI=1S/C13H23NO5S/c15-13(16)5-4-11-3-1-2-8-14(11)20(17,18)12-6-9-19-10-7-12/h11-12H,1-10H2,(H,15,16). The number of carboxylic acid groups (broad SMARTS) is 1. The highest BCUT2D eigenvalue weighted by Gasteiger charge is 2.38. The number of ether oxygens (including phenoxy) is 1. The van der Waals surface area contributed by atoms with Crippen molar-refractivity contribution in [1.29, 1.82) is 0 Å². The number of hydrogen-bond acceptors (Lipinski definition) is 4. The Bertz CT molecular complexity index is 430. The molecule has 2 fully saturated rings. The average molecular weight is 305 g/mol. The summed E-state index contributed by atoms with van der Waals surface area (Å²) in [6, 6.07) is -0.146. The van der Waals surface area contributed by atoms with Crippen molar-refractivity contribution in [2.75, 3.05) is 19.8 Å². The van der Waals surface area contributed by atoms with Crippen molar-refractivity contribution >= 4 is 16.0 Å². The number of sulfonamides is 1. The Kier molecular flexibility index (Phi) is 5.40. The Morgan fingerprint density at radius 3 is 2.55 bits per heavy atom. The molecule has 7 heteroatoms. The third kappa shape index (κ3) is 3.71. The van der Waals surface area contributed by atoms with E-state index in [1.54, 1.807) is 4.31 Å². The minimum absolute atomic E-state index is 0.0322. The van der Waals surface area contributed by atoms with Crippen LogP contribution in [0.25, 0.3) is 0 Å². The molecule has 1 atom stereocenters. The summed E-state index contributed by atoms with van der Waals surface area (Å²) in [5, 5.41) is 8.44. The minimum Gasteiger partial charge on any atom is -0.481 e. The van der Waals surface area contributed by atoms with E-state index in [0.29, 0.717) is 39.0 Å². The molecule has 1 unspecified atom stereocenters. The summed E-state index contributed by atoms with van der Waals surface area (Å²) >= 11 is 0. The van der Waals surface area contributed by atoms with Gasteiger partial charge in [-0.1, -0.05) is 6.42 Å². The molecule has 0 aromatic rings. The molecular formula is C13H23NO5S. The normalized spacial score (nSPS) is 26.5. The summed E-state index contributed by atoms with van der Waals surface area (Å²) in [5.74, 6) is -0.862. The molecule has 2 aliphatic heterocycles. The topological polar surface area (TPSA) is 83.9 Å². The van der Waals surface area contributed by atoms with Crippen molar-refractivity contribution in [3.05, 3.63) is 0 Å². The van der Waals surface area contributed by atoms with E-state index in [1.807, 2.05) is 0 Å². The predicted molar refractivity (Wildman–Crippen MR) is 74.0 cm³/mol.